The molecule has 1 saturated carbocycles. The first-order valence-electron chi connectivity index (χ1n) is 10.6. The lowest BCUT2D eigenvalue weighted by molar-refractivity contribution is -0.137. The van der Waals surface area contributed by atoms with Crippen LogP contribution >= 0.6 is 0 Å². The molecule has 1 aromatic heterocycles. The third-order valence-corrected chi connectivity index (χ3v) is 6.93. The van der Waals surface area contributed by atoms with Gasteiger partial charge in [-0.1, -0.05) is 6.07 Å². The van der Waals surface area contributed by atoms with Crippen molar-refractivity contribution in [3.05, 3.63) is 41.2 Å². The highest BCUT2D eigenvalue weighted by Gasteiger charge is 2.47. The summed E-state index contributed by atoms with van der Waals surface area (Å²) in [6.45, 7) is 1.71. The van der Waals surface area contributed by atoms with E-state index in [9.17, 15) is 18.4 Å². The lowest BCUT2D eigenvalue weighted by Crippen LogP contribution is -2.34. The molecule has 2 aliphatic heterocycles. The summed E-state index contributed by atoms with van der Waals surface area (Å²) in [6, 6.07) is 6.56. The predicted octanol–water partition coefficient (Wildman–Crippen LogP) is 4.17. The number of aromatic nitrogens is 2. The number of nitriles is 1. The molecule has 1 aliphatic carbocycles. The summed E-state index contributed by atoms with van der Waals surface area (Å²) in [7, 11) is 6.09. The number of fused-ring (bicyclic) bond motifs is 2. The summed E-state index contributed by atoms with van der Waals surface area (Å²) in [6.07, 6.45) is 0.517. The van der Waals surface area contributed by atoms with Crippen molar-refractivity contribution < 1.29 is 17.9 Å². The number of hydrogen-bond donors (Lipinski definition) is 1. The zero-order valence-electron chi connectivity index (χ0n) is 17.5. The number of nitrogens with zero attached hydrogens (tertiary/aromatic N) is 4. The minimum Gasteiger partial charge on any atom is -0.472 e. The molecule has 2 bridgehead atoms. The normalized spacial score (nSPS) is 26.0. The van der Waals surface area contributed by atoms with Crippen molar-refractivity contribution >= 4 is 19.5 Å². The van der Waals surface area contributed by atoms with E-state index < -0.39 is 17.2 Å². The first-order valence-corrected chi connectivity index (χ1v) is 10.6. The standard InChI is InChI=1S/C22H21BF3N5O/c1-12-19(28-11-29-20(12)32-18-9-14-3-5-17(18)31(14)23)30-16-4-2-13(21(10-27)6-7-21)8-15(16)22(24,25)26/h2,4,8,11,14,17-18H,3,5-7,9H2,1H3,(H,28,29,30). The molecule has 164 valence electrons. The topological polar surface area (TPSA) is 74.1 Å². The molecule has 3 aliphatic rings. The fraction of sp³-hybridized carbons (Fsp3) is 0.500. The molecular formula is C22H21BF3N5O. The fourth-order valence-electron chi connectivity index (χ4n) is 4.83. The van der Waals surface area contributed by atoms with Gasteiger partial charge in [0.1, 0.15) is 18.2 Å². The molecule has 2 aromatic rings. The van der Waals surface area contributed by atoms with Crippen LogP contribution in [0.15, 0.2) is 24.5 Å². The maximum absolute atomic E-state index is 13.8. The summed E-state index contributed by atoms with van der Waals surface area (Å²) < 4.78 is 47.6. The maximum atomic E-state index is 13.8. The second kappa shape index (κ2) is 7.37. The number of rotatable bonds is 5. The Kier molecular flexibility index (Phi) is 4.86. The SMILES string of the molecule is [B]N1C2CCC1C(Oc1ncnc(Nc3ccc(C4(C#N)CC4)cc3C(F)(F)F)c1C)C2. The molecule has 5 rings (SSSR count). The number of alkyl halides is 3. The summed E-state index contributed by atoms with van der Waals surface area (Å²) in [5.74, 6) is 0.572. The Balaban J connectivity index is 1.42. The highest BCUT2D eigenvalue weighted by atomic mass is 19.4. The van der Waals surface area contributed by atoms with Crippen molar-refractivity contribution in [3.8, 4) is 11.9 Å². The average Bonchev–Trinajstić information content (AvgIpc) is 3.42. The van der Waals surface area contributed by atoms with Crippen LogP contribution in [0.2, 0.25) is 0 Å². The number of benzene rings is 1. The third kappa shape index (κ3) is 3.49. The summed E-state index contributed by atoms with van der Waals surface area (Å²) in [5.41, 5.74) is -0.850. The number of halogens is 3. The third-order valence-electron chi connectivity index (χ3n) is 6.93. The zero-order chi connectivity index (χ0) is 22.7. The molecule has 10 heteroatoms. The van der Waals surface area contributed by atoms with Gasteiger partial charge in [0.05, 0.1) is 28.3 Å². The monoisotopic (exact) mass is 439 g/mol. The Morgan fingerprint density at radius 2 is 2.06 bits per heavy atom. The lowest BCUT2D eigenvalue weighted by atomic mass is 9.95. The minimum absolute atomic E-state index is 0.106. The molecule has 0 spiro atoms. The Hall–Kier alpha value is -2.80. The van der Waals surface area contributed by atoms with Gasteiger partial charge in [-0.3, -0.25) is 0 Å². The van der Waals surface area contributed by atoms with Gasteiger partial charge in [0.15, 0.2) is 7.98 Å². The molecule has 1 N–H and O–H groups in total. The van der Waals surface area contributed by atoms with Crippen LogP contribution in [-0.2, 0) is 11.6 Å². The molecule has 1 aromatic carbocycles. The van der Waals surface area contributed by atoms with E-state index >= 15 is 0 Å². The Labute approximate surface area is 185 Å². The average molecular weight is 439 g/mol. The van der Waals surface area contributed by atoms with Gasteiger partial charge in [-0.25, -0.2) is 9.97 Å². The van der Waals surface area contributed by atoms with Gasteiger partial charge in [0, 0.05) is 18.5 Å². The maximum Gasteiger partial charge on any atom is 0.418 e. The van der Waals surface area contributed by atoms with Gasteiger partial charge < -0.3 is 14.9 Å². The van der Waals surface area contributed by atoms with Gasteiger partial charge >= 0.3 is 6.18 Å². The first kappa shape index (κ1) is 21.1. The molecule has 2 saturated heterocycles. The van der Waals surface area contributed by atoms with E-state index in [0.717, 1.165) is 25.3 Å². The lowest BCUT2D eigenvalue weighted by Gasteiger charge is -2.24. The van der Waals surface area contributed by atoms with E-state index in [1.165, 1.54) is 12.4 Å². The largest absolute Gasteiger partial charge is 0.472 e. The van der Waals surface area contributed by atoms with Crippen LogP contribution in [-0.4, -0.2) is 40.9 Å². The van der Waals surface area contributed by atoms with Gasteiger partial charge in [-0.15, -0.1) is 0 Å². The van der Waals surface area contributed by atoms with Gasteiger partial charge in [-0.2, -0.15) is 18.4 Å². The van der Waals surface area contributed by atoms with Crippen molar-refractivity contribution in [2.24, 2.45) is 0 Å². The van der Waals surface area contributed by atoms with Crippen LogP contribution in [0.25, 0.3) is 0 Å². The van der Waals surface area contributed by atoms with E-state index in [1.807, 2.05) is 4.81 Å². The molecule has 3 unspecified atom stereocenters. The van der Waals surface area contributed by atoms with Crippen LogP contribution < -0.4 is 10.1 Å². The molecule has 3 fully saturated rings. The van der Waals surface area contributed by atoms with E-state index in [-0.39, 0.29) is 23.7 Å². The Morgan fingerprint density at radius 1 is 1.28 bits per heavy atom. The Morgan fingerprint density at radius 3 is 2.66 bits per heavy atom. The smallest absolute Gasteiger partial charge is 0.418 e. The quantitative estimate of drug-likeness (QED) is 0.706. The summed E-state index contributed by atoms with van der Waals surface area (Å²) in [5, 5.41) is 12.2. The van der Waals surface area contributed by atoms with Gasteiger partial charge in [0.2, 0.25) is 5.88 Å². The van der Waals surface area contributed by atoms with Crippen molar-refractivity contribution in [2.45, 2.75) is 68.8 Å². The number of ether oxygens (including phenoxy) is 1. The zero-order valence-corrected chi connectivity index (χ0v) is 17.5. The Bertz CT molecular complexity index is 1100. The van der Waals surface area contributed by atoms with Crippen LogP contribution in [0, 0.1) is 18.3 Å². The summed E-state index contributed by atoms with van der Waals surface area (Å²) >= 11 is 0. The van der Waals surface area contributed by atoms with Crippen LogP contribution in [0.3, 0.4) is 0 Å². The second-order valence-corrected chi connectivity index (χ2v) is 8.87. The second-order valence-electron chi connectivity index (χ2n) is 8.87. The van der Waals surface area contributed by atoms with Crippen LogP contribution in [0.1, 0.15) is 48.8 Å². The molecule has 3 heterocycles. The van der Waals surface area contributed by atoms with Crippen molar-refractivity contribution in [1.29, 1.82) is 5.26 Å². The van der Waals surface area contributed by atoms with E-state index in [0.29, 0.717) is 35.9 Å². The van der Waals surface area contributed by atoms with Gasteiger partial charge in [-0.05, 0) is 50.3 Å². The minimum atomic E-state index is -4.59. The molecule has 32 heavy (non-hydrogen) atoms. The molecule has 0 amide bonds. The number of nitrogens with one attached hydrogen (secondary N) is 1. The summed E-state index contributed by atoms with van der Waals surface area (Å²) in [4.78, 5) is 10.2. The molecule has 2 radical (unpaired) electrons. The number of hydrogen-bond acceptors (Lipinski definition) is 6. The van der Waals surface area contributed by atoms with E-state index in [4.69, 9.17) is 12.7 Å². The van der Waals surface area contributed by atoms with Crippen LogP contribution in [0.4, 0.5) is 24.7 Å². The highest BCUT2D eigenvalue weighted by Crippen LogP contribution is 2.49. The molecular weight excluding hydrogens is 418 g/mol. The van der Waals surface area contributed by atoms with E-state index in [2.05, 4.69) is 21.4 Å². The first-order chi connectivity index (χ1) is 15.2. The van der Waals surface area contributed by atoms with Crippen molar-refractivity contribution in [3.63, 3.8) is 0 Å². The highest BCUT2D eigenvalue weighted by molar-refractivity contribution is 6.05. The van der Waals surface area contributed by atoms with Gasteiger partial charge in [0.25, 0.3) is 0 Å². The van der Waals surface area contributed by atoms with Crippen LogP contribution in [0.5, 0.6) is 5.88 Å². The molecule has 3 atom stereocenters. The van der Waals surface area contributed by atoms with Crippen molar-refractivity contribution in [1.82, 2.24) is 14.8 Å². The van der Waals surface area contributed by atoms with E-state index in [1.54, 1.807) is 13.0 Å². The molecule has 6 nitrogen and oxygen atoms in total. The predicted molar refractivity (Wildman–Crippen MR) is 111 cm³/mol. The van der Waals surface area contributed by atoms with Crippen molar-refractivity contribution in [2.75, 3.05) is 5.32 Å². The number of anilines is 2. The fourth-order valence-corrected chi connectivity index (χ4v) is 4.83.